The third kappa shape index (κ3) is 4.20. The molecule has 0 atom stereocenters. The molecule has 0 radical (unpaired) electrons. The molecule has 2 aliphatic carbocycles. The number of benzene rings is 4. The first-order valence-corrected chi connectivity index (χ1v) is 13.7. The third-order valence-corrected chi connectivity index (χ3v) is 7.84. The molecule has 206 valence electrons. The Kier molecular flexibility index (Phi) is 5.87. The topological polar surface area (TPSA) is 68.8 Å². The van der Waals surface area contributed by atoms with Crippen LogP contribution in [0.1, 0.15) is 11.1 Å². The van der Waals surface area contributed by atoms with Crippen LogP contribution in [0, 0.1) is 0 Å². The van der Waals surface area contributed by atoms with Gasteiger partial charge >= 0.3 is 0 Å². The van der Waals surface area contributed by atoms with Gasteiger partial charge in [0.15, 0.2) is 5.78 Å². The van der Waals surface area contributed by atoms with Crippen LogP contribution in [0.5, 0.6) is 11.5 Å². The van der Waals surface area contributed by atoms with Crippen LogP contribution in [0.15, 0.2) is 100 Å². The van der Waals surface area contributed by atoms with Crippen LogP contribution < -0.4 is 35.1 Å². The normalized spacial score (nSPS) is 15.3. The van der Waals surface area contributed by atoms with Gasteiger partial charge in [-0.3, -0.25) is 4.79 Å². The molecule has 0 spiro atoms. The molecule has 2 aliphatic heterocycles. The predicted molar refractivity (Wildman–Crippen MR) is 165 cm³/mol. The van der Waals surface area contributed by atoms with Gasteiger partial charge in [0.1, 0.15) is 36.9 Å². The summed E-state index contributed by atoms with van der Waals surface area (Å²) in [7, 11) is 7.95. The van der Waals surface area contributed by atoms with E-state index >= 15 is 0 Å². The Morgan fingerprint density at radius 1 is 0.881 bits per heavy atom. The number of carbonyl (C=O) groups is 1. The maximum absolute atomic E-state index is 13.3. The molecule has 0 saturated carbocycles. The van der Waals surface area contributed by atoms with Crippen molar-refractivity contribution in [3.63, 3.8) is 0 Å². The van der Waals surface area contributed by atoms with Gasteiger partial charge in [0.25, 0.3) is 0 Å². The van der Waals surface area contributed by atoms with Crippen molar-refractivity contribution in [2.24, 2.45) is 0 Å². The summed E-state index contributed by atoms with van der Waals surface area (Å²) in [5.41, 5.74) is 4.72. The van der Waals surface area contributed by atoms with Crippen molar-refractivity contribution in [1.82, 2.24) is 4.58 Å². The summed E-state index contributed by atoms with van der Waals surface area (Å²) >= 11 is 0. The number of anilines is 1. The fraction of sp³-hybridized carbons (Fsp3) is 0.111. The Bertz CT molecular complexity index is 2190. The number of ether oxygens (including phenoxy) is 1. The third-order valence-electron chi connectivity index (χ3n) is 7.84. The predicted octanol–water partition coefficient (Wildman–Crippen LogP) is 3.63. The molecule has 0 bridgehead atoms. The first-order chi connectivity index (χ1) is 20.3. The van der Waals surface area contributed by atoms with Gasteiger partial charge in [0.05, 0.1) is 6.07 Å². The van der Waals surface area contributed by atoms with Gasteiger partial charge < -0.3 is 19.2 Å². The quantitative estimate of drug-likeness (QED) is 0.191. The lowest BCUT2D eigenvalue weighted by molar-refractivity contribution is -0.300. The van der Waals surface area contributed by atoms with Crippen LogP contribution in [0.2, 0.25) is 0 Å². The number of hydrogen-bond donors (Lipinski definition) is 0. The van der Waals surface area contributed by atoms with Crippen molar-refractivity contribution in [2.75, 3.05) is 33.1 Å². The molecule has 3 aromatic rings. The number of hydrogen-bond acceptors (Lipinski definition) is 5. The summed E-state index contributed by atoms with van der Waals surface area (Å²) in [6.45, 7) is 0. The Hall–Kier alpha value is -5.36. The van der Waals surface area contributed by atoms with Crippen LogP contribution in [-0.4, -0.2) is 34.0 Å². The van der Waals surface area contributed by atoms with E-state index in [1.54, 1.807) is 12.2 Å². The average molecular weight is 553 g/mol. The molecule has 0 fully saturated rings. The van der Waals surface area contributed by atoms with Gasteiger partial charge in [-0.2, -0.15) is 0 Å². The molecule has 0 saturated heterocycles. The average Bonchev–Trinajstić information content (AvgIpc) is 2.99. The highest BCUT2D eigenvalue weighted by Crippen LogP contribution is 2.34. The summed E-state index contributed by atoms with van der Waals surface area (Å²) < 4.78 is 14.4. The maximum Gasteiger partial charge on any atom is 0.203 e. The molecule has 3 aromatic carbocycles. The fourth-order valence-corrected chi connectivity index (χ4v) is 5.43. The second-order valence-electron chi connectivity index (χ2n) is 11.0. The van der Waals surface area contributed by atoms with Crippen LogP contribution in [0.4, 0.5) is 5.69 Å². The number of rotatable bonds is 3. The van der Waals surface area contributed by atoms with E-state index in [4.69, 9.17) is 9.15 Å². The van der Waals surface area contributed by atoms with E-state index in [1.807, 2.05) is 123 Å². The van der Waals surface area contributed by atoms with Gasteiger partial charge in [0.2, 0.25) is 5.36 Å². The van der Waals surface area contributed by atoms with Gasteiger partial charge in [-0.1, -0.05) is 30.0 Å². The van der Waals surface area contributed by atoms with E-state index in [9.17, 15) is 9.90 Å². The molecule has 42 heavy (non-hydrogen) atoms. The van der Waals surface area contributed by atoms with E-state index in [2.05, 4.69) is 0 Å². The van der Waals surface area contributed by atoms with Crippen molar-refractivity contribution in [1.29, 1.82) is 0 Å². The summed E-state index contributed by atoms with van der Waals surface area (Å²) in [5.74, 6) is 1.69. The van der Waals surface area contributed by atoms with Gasteiger partial charge in [-0.25, -0.2) is 4.58 Å². The van der Waals surface area contributed by atoms with E-state index in [-0.39, 0.29) is 22.7 Å². The van der Waals surface area contributed by atoms with Crippen LogP contribution >= 0.6 is 0 Å². The summed E-state index contributed by atoms with van der Waals surface area (Å²) in [6.07, 6.45) is 5.39. The number of fused-ring (bicyclic) bond motifs is 4. The van der Waals surface area contributed by atoms with E-state index in [1.165, 1.54) is 0 Å². The van der Waals surface area contributed by atoms with Crippen LogP contribution in [-0.2, 0) is 4.79 Å². The fourth-order valence-electron chi connectivity index (χ4n) is 5.43. The molecule has 4 aliphatic rings. The second-order valence-corrected chi connectivity index (χ2v) is 11.0. The maximum atomic E-state index is 13.3. The van der Waals surface area contributed by atoms with Gasteiger partial charge in [0, 0.05) is 64.8 Å². The molecular weight excluding hydrogens is 524 g/mol. The lowest BCUT2D eigenvalue weighted by Crippen LogP contribution is -2.33. The molecular formula is C36H28N2O4. The molecule has 7 rings (SSSR count). The van der Waals surface area contributed by atoms with Crippen molar-refractivity contribution in [3.05, 3.63) is 123 Å². The van der Waals surface area contributed by atoms with Crippen LogP contribution in [0.3, 0.4) is 0 Å². The Morgan fingerprint density at radius 3 is 2.50 bits per heavy atom. The van der Waals surface area contributed by atoms with Gasteiger partial charge in [-0.15, -0.1) is 0 Å². The molecule has 6 nitrogen and oxygen atoms in total. The Labute approximate surface area is 242 Å². The largest absolute Gasteiger partial charge is 0.871 e. The minimum absolute atomic E-state index is 0.170. The lowest BCUT2D eigenvalue weighted by atomic mass is 9.85. The standard InChI is InChI=1S/C36H28N2O4/c1-37(2)25-13-11-23-17-27-21(7-5-9-31(27)41-33(23)19-25)15-29-35(39)30(36(29)40)16-22-8-6-10-32-28(22)18-24-12-14-26(38(3)4)20-34(24)42-32/h5-20H,1-4H3. The SMILES string of the molecule is CN(C)c1ccc2c(c1)Oc1ccc/c(=C/C3=C([O-])C(=C/c4cccc5oc6cc(=[N+](C)C)ccc-6cc45)/C3=O)c1=C2. The monoisotopic (exact) mass is 552 g/mol. The highest BCUT2D eigenvalue weighted by Gasteiger charge is 2.26. The highest BCUT2D eigenvalue weighted by molar-refractivity contribution is 6.26. The number of ketones is 1. The van der Waals surface area contributed by atoms with E-state index < -0.39 is 0 Å². The van der Waals surface area contributed by atoms with Crippen molar-refractivity contribution in [3.8, 4) is 22.8 Å². The molecule has 0 amide bonds. The zero-order chi connectivity index (χ0) is 29.1. The highest BCUT2D eigenvalue weighted by atomic mass is 16.5. The number of carbonyl (C=O) groups excluding carboxylic acids is 1. The number of nitrogens with zero attached hydrogens (tertiary/aromatic N) is 2. The lowest BCUT2D eigenvalue weighted by Gasteiger charge is -2.29. The smallest absolute Gasteiger partial charge is 0.203 e. The zero-order valence-corrected chi connectivity index (χ0v) is 23.8. The zero-order valence-electron chi connectivity index (χ0n) is 23.8. The summed E-state index contributed by atoms with van der Waals surface area (Å²) in [5, 5.41) is 16.8. The van der Waals surface area contributed by atoms with Crippen molar-refractivity contribution >= 4 is 40.7 Å². The minimum atomic E-state index is -0.268. The minimum Gasteiger partial charge on any atom is -0.871 e. The number of Topliss-reactive ketones (excluding diaryl/α,β-unsaturated/α-hetero) is 1. The first kappa shape index (κ1) is 25.6. The second kappa shape index (κ2) is 9.63. The first-order valence-electron chi connectivity index (χ1n) is 13.7. The molecule has 6 heteroatoms. The summed E-state index contributed by atoms with van der Waals surface area (Å²) in [6, 6.07) is 25.4. The van der Waals surface area contributed by atoms with Crippen LogP contribution in [0.25, 0.3) is 40.5 Å². The van der Waals surface area contributed by atoms with E-state index in [0.717, 1.165) is 55.1 Å². The van der Waals surface area contributed by atoms with Gasteiger partial charge in [-0.05, 0) is 65.4 Å². The van der Waals surface area contributed by atoms with Crippen molar-refractivity contribution in [2.45, 2.75) is 0 Å². The Balaban J connectivity index is 1.29. The number of allylic oxidation sites excluding steroid dienone is 2. The molecule has 0 unspecified atom stereocenters. The molecule has 2 heterocycles. The van der Waals surface area contributed by atoms with E-state index in [0.29, 0.717) is 11.3 Å². The summed E-state index contributed by atoms with van der Waals surface area (Å²) in [4.78, 5) is 15.3. The Morgan fingerprint density at radius 2 is 1.71 bits per heavy atom. The molecule has 0 N–H and O–H groups in total. The molecule has 0 aromatic heterocycles. The van der Waals surface area contributed by atoms with Crippen molar-refractivity contribution < 1.29 is 19.1 Å².